The second kappa shape index (κ2) is 17.9. The normalized spacial score (nSPS) is 18.7. The quantitative estimate of drug-likeness (QED) is 0.0362. The number of fused-ring (bicyclic) bond motifs is 1. The van der Waals surface area contributed by atoms with Crippen LogP contribution in [0.25, 0.3) is 0 Å². The zero-order valence-electron chi connectivity index (χ0n) is 32.0. The fourth-order valence-corrected chi connectivity index (χ4v) is 11.1. The summed E-state index contributed by atoms with van der Waals surface area (Å²) in [5.41, 5.74) is -0.331. The summed E-state index contributed by atoms with van der Waals surface area (Å²) in [6.07, 6.45) is -2.74. The van der Waals surface area contributed by atoms with Gasteiger partial charge in [-0.05, 0) is 87.8 Å². The monoisotopic (exact) mass is 1090 g/mol. The van der Waals surface area contributed by atoms with E-state index in [9.17, 15) is 28.6 Å². The minimum Gasteiger partial charge on any atom is -0.493 e. The van der Waals surface area contributed by atoms with Crippen LogP contribution >= 0.6 is 71.3 Å². The van der Waals surface area contributed by atoms with Crippen LogP contribution in [0.2, 0.25) is 0 Å². The maximum atomic E-state index is 14.0. The van der Waals surface area contributed by atoms with Crippen molar-refractivity contribution >= 4 is 83.1 Å². The highest BCUT2D eigenvalue weighted by Gasteiger charge is 2.47. The number of nitrogens with one attached hydrogen (secondary N) is 1. The van der Waals surface area contributed by atoms with Crippen LogP contribution in [0.3, 0.4) is 0 Å². The lowest BCUT2D eigenvalue weighted by Gasteiger charge is -2.38. The van der Waals surface area contributed by atoms with Gasteiger partial charge in [0.1, 0.15) is 17.9 Å². The number of aromatic amines is 1. The van der Waals surface area contributed by atoms with Crippen molar-refractivity contribution in [3.05, 3.63) is 157 Å². The lowest BCUT2D eigenvalue weighted by molar-refractivity contribution is -0.0927. The standard InChI is InChI=1S/C41H36Br4N3O11P/c1-22-20-48(40(52)46-37(22)49)29-19-27(59-60(53,54)18-17-47-38(50)30-31(39(47)51)33(43)35(45)34(44)32(30)42)28(58-29)21-57-41(23-11-6-4-7-12-23,24-13-8-5-9-14-24)25-15-10-16-26(55-2)36(25)56-3/h4-16,20,27-29H,17-19,21H2,1-3H3,(H,53,54)(H,46,49,52)/t27-,28+,29+/m0/s1. The number of imide groups is 1. The van der Waals surface area contributed by atoms with Crippen molar-refractivity contribution in [3.8, 4) is 11.5 Å². The summed E-state index contributed by atoms with van der Waals surface area (Å²) >= 11 is 13.6. The molecule has 2 amide bonds. The molecule has 0 radical (unpaired) electrons. The number of aryl methyl sites for hydroxylation is 1. The van der Waals surface area contributed by atoms with Crippen LogP contribution in [-0.4, -0.2) is 76.9 Å². The number of halogens is 4. The molecule has 19 heteroatoms. The van der Waals surface area contributed by atoms with E-state index in [0.717, 1.165) is 4.90 Å². The summed E-state index contributed by atoms with van der Waals surface area (Å²) in [7, 11) is -1.58. The zero-order chi connectivity index (χ0) is 43.1. The first-order chi connectivity index (χ1) is 28.6. The number of benzene rings is 4. The number of hydrogen-bond donors (Lipinski definition) is 2. The minimum atomic E-state index is -4.64. The molecule has 2 aliphatic heterocycles. The van der Waals surface area contributed by atoms with E-state index in [1.807, 2.05) is 72.8 Å². The number of para-hydroxylation sites is 1. The molecule has 7 rings (SSSR count). The van der Waals surface area contributed by atoms with Gasteiger partial charge in [0.15, 0.2) is 11.5 Å². The number of hydrogen-bond acceptors (Lipinski definition) is 10. The maximum absolute atomic E-state index is 14.0. The summed E-state index contributed by atoms with van der Waals surface area (Å²) < 4.78 is 48.1. The first-order valence-corrected chi connectivity index (χ1v) is 23.2. The second-order valence-corrected chi connectivity index (χ2v) is 19.0. The average Bonchev–Trinajstić information content (AvgIpc) is 3.75. The van der Waals surface area contributed by atoms with Gasteiger partial charge in [0, 0.05) is 48.2 Å². The number of aromatic nitrogens is 2. The van der Waals surface area contributed by atoms with Crippen LogP contribution in [0.15, 0.2) is 113 Å². The van der Waals surface area contributed by atoms with Gasteiger partial charge in [-0.1, -0.05) is 72.8 Å². The van der Waals surface area contributed by atoms with E-state index in [4.69, 9.17) is 23.5 Å². The van der Waals surface area contributed by atoms with Gasteiger partial charge in [-0.3, -0.25) is 33.4 Å². The third kappa shape index (κ3) is 8.18. The Morgan fingerprint density at radius 2 is 1.42 bits per heavy atom. The number of nitrogens with zero attached hydrogens (tertiary/aromatic N) is 2. The summed E-state index contributed by atoms with van der Waals surface area (Å²) in [4.78, 5) is 67.1. The van der Waals surface area contributed by atoms with Crippen molar-refractivity contribution in [2.75, 3.05) is 33.5 Å². The SMILES string of the molecule is COc1cccc(C(OC[C@H]2O[C@@H](n3cc(C)c(=O)[nH]c3=O)C[C@@H]2OP(=O)(O)CCN2C(=O)c3c(Br)c(Br)c(Br)c(Br)c3C2=O)(c2ccccc2)c2ccccc2)c1OC. The Morgan fingerprint density at radius 1 is 0.833 bits per heavy atom. The van der Waals surface area contributed by atoms with Gasteiger partial charge in [0.2, 0.25) is 0 Å². The highest BCUT2D eigenvalue weighted by Crippen LogP contribution is 2.51. The Kier molecular flexibility index (Phi) is 13.3. The topological polar surface area (TPSA) is 176 Å². The van der Waals surface area contributed by atoms with Crippen LogP contribution in [0.4, 0.5) is 0 Å². The highest BCUT2D eigenvalue weighted by molar-refractivity contribution is 9.15. The molecule has 14 nitrogen and oxygen atoms in total. The van der Waals surface area contributed by atoms with Crippen molar-refractivity contribution in [2.24, 2.45) is 0 Å². The molecule has 0 spiro atoms. The smallest absolute Gasteiger partial charge is 0.330 e. The number of carbonyl (C=O) groups is 2. The van der Waals surface area contributed by atoms with Gasteiger partial charge in [-0.25, -0.2) is 4.79 Å². The van der Waals surface area contributed by atoms with Gasteiger partial charge >= 0.3 is 13.3 Å². The number of carbonyl (C=O) groups excluding carboxylic acids is 2. The first kappa shape index (κ1) is 44.3. The van der Waals surface area contributed by atoms with Crippen molar-refractivity contribution in [1.82, 2.24) is 14.5 Å². The van der Waals surface area contributed by atoms with Gasteiger partial charge in [0.25, 0.3) is 17.4 Å². The fourth-order valence-electron chi connectivity index (χ4n) is 7.46. The summed E-state index contributed by atoms with van der Waals surface area (Å²) in [5.74, 6) is -0.483. The van der Waals surface area contributed by atoms with E-state index in [1.165, 1.54) is 31.9 Å². The summed E-state index contributed by atoms with van der Waals surface area (Å²) in [6, 6.07) is 24.2. The Bertz CT molecular complexity index is 2560. The number of H-pyrrole nitrogens is 1. The van der Waals surface area contributed by atoms with E-state index >= 15 is 0 Å². The molecular weight excluding hydrogens is 1060 g/mol. The molecule has 3 heterocycles. The third-order valence-corrected chi connectivity index (χ3v) is 16.5. The van der Waals surface area contributed by atoms with E-state index in [-0.39, 0.29) is 29.7 Å². The first-order valence-electron chi connectivity index (χ1n) is 18.3. The maximum Gasteiger partial charge on any atom is 0.330 e. The number of amides is 2. The third-order valence-electron chi connectivity index (χ3n) is 10.3. The van der Waals surface area contributed by atoms with Crippen LogP contribution < -0.4 is 20.7 Å². The van der Waals surface area contributed by atoms with Crippen molar-refractivity contribution < 1.29 is 42.5 Å². The van der Waals surface area contributed by atoms with E-state index in [2.05, 4.69) is 68.7 Å². The molecule has 1 saturated heterocycles. The van der Waals surface area contributed by atoms with E-state index < -0.39 is 67.4 Å². The van der Waals surface area contributed by atoms with Gasteiger partial charge < -0.3 is 28.4 Å². The molecule has 4 atom stereocenters. The largest absolute Gasteiger partial charge is 0.493 e. The second-order valence-electron chi connectivity index (χ2n) is 13.9. The number of rotatable bonds is 14. The molecule has 5 aromatic rings. The predicted molar refractivity (Wildman–Crippen MR) is 235 cm³/mol. The Hall–Kier alpha value is -3.71. The molecule has 0 saturated carbocycles. The molecule has 2 aliphatic rings. The molecule has 1 unspecified atom stereocenters. The lowest BCUT2D eigenvalue weighted by atomic mass is 9.79. The predicted octanol–water partition coefficient (Wildman–Crippen LogP) is 8.08. The lowest BCUT2D eigenvalue weighted by Crippen LogP contribution is -2.39. The van der Waals surface area contributed by atoms with Crippen LogP contribution in [0.1, 0.15) is 55.6 Å². The number of ether oxygens (including phenoxy) is 4. The van der Waals surface area contributed by atoms with Crippen LogP contribution in [0.5, 0.6) is 11.5 Å². The van der Waals surface area contributed by atoms with E-state index in [1.54, 1.807) is 6.07 Å². The van der Waals surface area contributed by atoms with Gasteiger partial charge in [-0.2, -0.15) is 0 Å². The van der Waals surface area contributed by atoms with Crippen molar-refractivity contribution in [3.63, 3.8) is 0 Å². The van der Waals surface area contributed by atoms with Gasteiger partial charge in [0.05, 0.1) is 44.2 Å². The fraction of sp³-hybridized carbons (Fsp3) is 0.268. The van der Waals surface area contributed by atoms with Crippen LogP contribution in [-0.2, 0) is 24.2 Å². The Labute approximate surface area is 377 Å². The summed E-state index contributed by atoms with van der Waals surface area (Å²) in [6.45, 7) is 0.807. The Balaban J connectivity index is 1.24. The summed E-state index contributed by atoms with van der Waals surface area (Å²) in [5, 5.41) is 0. The van der Waals surface area contributed by atoms with Crippen LogP contribution in [0, 0.1) is 6.92 Å². The van der Waals surface area contributed by atoms with Gasteiger partial charge in [-0.15, -0.1) is 0 Å². The highest BCUT2D eigenvalue weighted by atomic mass is 79.9. The minimum absolute atomic E-state index is 0.0921. The molecule has 0 aliphatic carbocycles. The van der Waals surface area contributed by atoms with Crippen molar-refractivity contribution in [2.45, 2.75) is 37.4 Å². The molecular formula is C41H36Br4N3O11P. The molecule has 1 fully saturated rings. The average molecular weight is 1100 g/mol. The molecule has 2 N–H and O–H groups in total. The molecule has 4 aromatic carbocycles. The van der Waals surface area contributed by atoms with Crippen molar-refractivity contribution in [1.29, 1.82) is 0 Å². The number of methoxy groups -OCH3 is 2. The molecule has 60 heavy (non-hydrogen) atoms. The van der Waals surface area contributed by atoms with E-state index in [0.29, 0.717) is 46.1 Å². The zero-order valence-corrected chi connectivity index (χ0v) is 39.3. The molecule has 1 aromatic heterocycles. The molecule has 0 bridgehead atoms. The molecule has 314 valence electrons. The Morgan fingerprint density at radius 3 is 1.97 bits per heavy atom.